The van der Waals surface area contributed by atoms with Crippen molar-refractivity contribution in [1.82, 2.24) is 4.72 Å². The molecule has 0 radical (unpaired) electrons. The van der Waals surface area contributed by atoms with Gasteiger partial charge in [0.15, 0.2) is 14.9 Å². The zero-order valence-corrected chi connectivity index (χ0v) is 11.0. The number of aliphatic carboxylic acids is 1. The summed E-state index contributed by atoms with van der Waals surface area (Å²) < 4.78 is 47.0. The second kappa shape index (κ2) is 4.54. The predicted octanol–water partition coefficient (Wildman–Crippen LogP) is -0.695. The second-order valence-corrected chi connectivity index (χ2v) is 8.58. The van der Waals surface area contributed by atoms with Crippen molar-refractivity contribution < 1.29 is 26.7 Å². The van der Waals surface area contributed by atoms with Crippen molar-refractivity contribution in [3.63, 3.8) is 0 Å². The van der Waals surface area contributed by atoms with Crippen LogP contribution in [0.5, 0.6) is 0 Å². The number of carboxylic acids is 1. The van der Waals surface area contributed by atoms with Crippen molar-refractivity contribution in [2.24, 2.45) is 0 Å². The van der Waals surface area contributed by atoms with Crippen LogP contribution in [0.15, 0.2) is 0 Å². The van der Waals surface area contributed by atoms with Gasteiger partial charge in [0.25, 0.3) is 0 Å². The highest BCUT2D eigenvalue weighted by Crippen LogP contribution is 2.30. The van der Waals surface area contributed by atoms with Crippen LogP contribution in [0.3, 0.4) is 0 Å². The number of rotatable bonds is 5. The van der Waals surface area contributed by atoms with Gasteiger partial charge >= 0.3 is 5.97 Å². The topological polar surface area (TPSA) is 118 Å². The normalized spacial score (nSPS) is 20.3. The molecule has 0 unspecified atom stereocenters. The summed E-state index contributed by atoms with van der Waals surface area (Å²) in [6, 6.07) is 0. The van der Waals surface area contributed by atoms with E-state index in [1.54, 1.807) is 0 Å². The van der Waals surface area contributed by atoms with Gasteiger partial charge in [-0.3, -0.25) is 4.79 Å². The highest BCUT2D eigenvalue weighted by molar-refractivity contribution is 8.06. The van der Waals surface area contributed by atoms with E-state index in [-0.39, 0.29) is 12.8 Å². The molecule has 0 heterocycles. The van der Waals surface area contributed by atoms with E-state index in [2.05, 4.69) is 0 Å². The quantitative estimate of drug-likeness (QED) is 0.690. The van der Waals surface area contributed by atoms with Crippen LogP contribution < -0.4 is 4.72 Å². The SMILES string of the molecule is CS(=O)(=O)CS(=O)(=O)NC1(C(=O)O)CCCC1. The van der Waals surface area contributed by atoms with Crippen LogP contribution in [-0.4, -0.2) is 44.8 Å². The van der Waals surface area contributed by atoms with Crippen molar-refractivity contribution in [3.05, 3.63) is 0 Å². The standard InChI is InChI=1S/C8H15NO6S2/c1-16(12,13)6-17(14,15)9-8(7(10)11)4-2-3-5-8/h9H,2-6H2,1H3,(H,10,11). The van der Waals surface area contributed by atoms with Crippen molar-refractivity contribution in [2.75, 3.05) is 11.3 Å². The van der Waals surface area contributed by atoms with Gasteiger partial charge in [-0.2, -0.15) is 4.72 Å². The second-order valence-electron chi connectivity index (χ2n) is 4.35. The minimum atomic E-state index is -4.14. The van der Waals surface area contributed by atoms with Gasteiger partial charge in [0.05, 0.1) is 0 Å². The Kier molecular flexibility index (Phi) is 3.84. The van der Waals surface area contributed by atoms with Gasteiger partial charge in [-0.15, -0.1) is 0 Å². The van der Waals surface area contributed by atoms with E-state index in [0.717, 1.165) is 6.26 Å². The highest BCUT2D eigenvalue weighted by Gasteiger charge is 2.44. The smallest absolute Gasteiger partial charge is 0.324 e. The minimum Gasteiger partial charge on any atom is -0.480 e. The summed E-state index contributed by atoms with van der Waals surface area (Å²) in [7, 11) is -7.86. The summed E-state index contributed by atoms with van der Waals surface area (Å²) >= 11 is 0. The monoisotopic (exact) mass is 285 g/mol. The van der Waals surface area contributed by atoms with Gasteiger partial charge in [0.2, 0.25) is 10.0 Å². The molecule has 17 heavy (non-hydrogen) atoms. The van der Waals surface area contributed by atoms with Gasteiger partial charge in [-0.05, 0) is 12.8 Å². The molecule has 0 bridgehead atoms. The van der Waals surface area contributed by atoms with Crippen LogP contribution in [0, 0.1) is 0 Å². The highest BCUT2D eigenvalue weighted by atomic mass is 32.3. The lowest BCUT2D eigenvalue weighted by Crippen LogP contribution is -2.53. The third kappa shape index (κ3) is 3.93. The van der Waals surface area contributed by atoms with Crippen LogP contribution in [-0.2, 0) is 24.7 Å². The number of nitrogens with one attached hydrogen (secondary N) is 1. The molecule has 1 rings (SSSR count). The van der Waals surface area contributed by atoms with Crippen molar-refractivity contribution in [2.45, 2.75) is 31.2 Å². The van der Waals surface area contributed by atoms with E-state index in [1.807, 2.05) is 4.72 Å². The molecule has 1 aliphatic rings. The van der Waals surface area contributed by atoms with Gasteiger partial charge < -0.3 is 5.11 Å². The molecule has 100 valence electrons. The zero-order chi connectivity index (χ0) is 13.3. The Morgan fingerprint density at radius 3 is 2.06 bits per heavy atom. The molecule has 7 nitrogen and oxygen atoms in total. The fourth-order valence-electron chi connectivity index (χ4n) is 1.95. The van der Waals surface area contributed by atoms with Crippen LogP contribution in [0.25, 0.3) is 0 Å². The summed E-state index contributed by atoms with van der Waals surface area (Å²) in [6.45, 7) is 0. The van der Waals surface area contributed by atoms with Gasteiger partial charge in [-0.25, -0.2) is 16.8 Å². The van der Waals surface area contributed by atoms with Crippen molar-refractivity contribution in [3.8, 4) is 0 Å². The first kappa shape index (κ1) is 14.4. The van der Waals surface area contributed by atoms with Crippen LogP contribution in [0.4, 0.5) is 0 Å². The maximum absolute atomic E-state index is 11.6. The minimum absolute atomic E-state index is 0.186. The summed E-state index contributed by atoms with van der Waals surface area (Å²) in [5.41, 5.74) is -1.54. The number of carbonyl (C=O) groups is 1. The molecule has 1 aliphatic carbocycles. The number of sulfonamides is 1. The Morgan fingerprint density at radius 2 is 1.71 bits per heavy atom. The van der Waals surface area contributed by atoms with Crippen LogP contribution >= 0.6 is 0 Å². The predicted molar refractivity (Wildman–Crippen MR) is 60.6 cm³/mol. The first-order valence-corrected chi connectivity index (χ1v) is 8.70. The average molecular weight is 285 g/mol. The molecule has 0 spiro atoms. The summed E-state index contributed by atoms with van der Waals surface area (Å²) in [4.78, 5) is 11.1. The van der Waals surface area contributed by atoms with Gasteiger partial charge in [-0.1, -0.05) is 12.8 Å². The summed E-state index contributed by atoms with van der Waals surface area (Å²) in [5, 5.41) is 7.96. The maximum Gasteiger partial charge on any atom is 0.324 e. The van der Waals surface area contributed by atoms with E-state index in [9.17, 15) is 21.6 Å². The molecule has 1 fully saturated rings. The number of carboxylic acid groups (broad SMARTS) is 1. The first-order valence-electron chi connectivity index (χ1n) is 4.99. The van der Waals surface area contributed by atoms with Crippen LogP contribution in [0.1, 0.15) is 25.7 Å². The third-order valence-corrected chi connectivity index (χ3v) is 6.24. The lowest BCUT2D eigenvalue weighted by atomic mass is 10.0. The molecule has 9 heteroatoms. The fourth-order valence-corrected chi connectivity index (χ4v) is 5.32. The molecular formula is C8H15NO6S2. The lowest BCUT2D eigenvalue weighted by molar-refractivity contribution is -0.143. The first-order chi connectivity index (χ1) is 7.56. The summed E-state index contributed by atoms with van der Waals surface area (Å²) in [6.07, 6.45) is 2.37. The van der Waals surface area contributed by atoms with Crippen molar-refractivity contribution >= 4 is 25.8 Å². The van der Waals surface area contributed by atoms with E-state index >= 15 is 0 Å². The number of hydrogen-bond acceptors (Lipinski definition) is 5. The van der Waals surface area contributed by atoms with E-state index in [4.69, 9.17) is 5.11 Å². The number of hydrogen-bond donors (Lipinski definition) is 2. The molecule has 0 aliphatic heterocycles. The molecule has 0 atom stereocenters. The Labute approximate surface area is 100 Å². The average Bonchev–Trinajstić information content (AvgIpc) is 2.47. The van der Waals surface area contributed by atoms with Crippen LogP contribution in [0.2, 0.25) is 0 Å². The lowest BCUT2D eigenvalue weighted by Gasteiger charge is -2.24. The molecule has 0 aromatic carbocycles. The Bertz CT molecular complexity index is 500. The third-order valence-electron chi connectivity index (χ3n) is 2.59. The van der Waals surface area contributed by atoms with Crippen molar-refractivity contribution in [1.29, 1.82) is 0 Å². The fraction of sp³-hybridized carbons (Fsp3) is 0.875. The van der Waals surface area contributed by atoms with Gasteiger partial charge in [0, 0.05) is 6.26 Å². The molecule has 0 amide bonds. The van der Waals surface area contributed by atoms with Gasteiger partial charge in [0.1, 0.15) is 5.54 Å². The molecule has 1 saturated carbocycles. The Balaban J connectivity index is 2.92. The molecule has 2 N–H and O–H groups in total. The Morgan fingerprint density at radius 1 is 1.24 bits per heavy atom. The maximum atomic E-state index is 11.6. The molecule has 0 aromatic rings. The van der Waals surface area contributed by atoms with E-state index < -0.39 is 36.5 Å². The number of sulfone groups is 1. The molecule has 0 aromatic heterocycles. The van der Waals surface area contributed by atoms with E-state index in [1.165, 1.54) is 0 Å². The van der Waals surface area contributed by atoms with E-state index in [0.29, 0.717) is 12.8 Å². The largest absolute Gasteiger partial charge is 0.480 e. The Hall–Kier alpha value is -0.670. The summed E-state index contributed by atoms with van der Waals surface area (Å²) in [5.74, 6) is -1.26. The zero-order valence-electron chi connectivity index (χ0n) is 9.34. The molecular weight excluding hydrogens is 270 g/mol. The molecule has 0 saturated heterocycles.